The van der Waals surface area contributed by atoms with Gasteiger partial charge in [-0.05, 0) is 6.07 Å². The summed E-state index contributed by atoms with van der Waals surface area (Å²) in [5.41, 5.74) is 0.495. The van der Waals surface area contributed by atoms with Gasteiger partial charge in [-0.25, -0.2) is 18.2 Å². The SMILES string of the molecule is CC(C)(C)c1csc(CC(O)c2ccc(F)c(F)c2F)n1. The molecule has 0 saturated carbocycles. The number of thiazole rings is 1. The van der Waals surface area contributed by atoms with E-state index >= 15 is 0 Å². The van der Waals surface area contributed by atoms with Gasteiger partial charge >= 0.3 is 0 Å². The van der Waals surface area contributed by atoms with Gasteiger partial charge in [-0.15, -0.1) is 11.3 Å². The number of aliphatic hydroxyl groups excluding tert-OH is 1. The average molecular weight is 315 g/mol. The molecule has 2 nitrogen and oxygen atoms in total. The Bertz CT molecular complexity index is 649. The first-order chi connectivity index (χ1) is 9.70. The van der Waals surface area contributed by atoms with E-state index in [1.54, 1.807) is 0 Å². The van der Waals surface area contributed by atoms with Gasteiger partial charge in [0.15, 0.2) is 17.5 Å². The molecule has 0 saturated heterocycles. The topological polar surface area (TPSA) is 33.1 Å². The molecule has 1 N–H and O–H groups in total. The van der Waals surface area contributed by atoms with Gasteiger partial charge in [0.25, 0.3) is 0 Å². The largest absolute Gasteiger partial charge is 0.388 e. The number of hydrogen-bond acceptors (Lipinski definition) is 3. The molecular formula is C15H16F3NOS. The van der Waals surface area contributed by atoms with Crippen LogP contribution in [0.3, 0.4) is 0 Å². The highest BCUT2D eigenvalue weighted by Crippen LogP contribution is 2.28. The third kappa shape index (κ3) is 3.44. The Morgan fingerprint density at radius 2 is 1.86 bits per heavy atom. The minimum Gasteiger partial charge on any atom is -0.388 e. The Morgan fingerprint density at radius 3 is 2.43 bits per heavy atom. The van der Waals surface area contributed by atoms with Crippen LogP contribution in [0.4, 0.5) is 13.2 Å². The fraction of sp³-hybridized carbons (Fsp3) is 0.400. The minimum absolute atomic E-state index is 0.0583. The van der Waals surface area contributed by atoms with Crippen molar-refractivity contribution >= 4 is 11.3 Å². The van der Waals surface area contributed by atoms with Crippen LogP contribution in [-0.4, -0.2) is 10.1 Å². The second kappa shape index (κ2) is 5.77. The molecule has 0 fully saturated rings. The summed E-state index contributed by atoms with van der Waals surface area (Å²) in [5, 5.41) is 12.5. The normalized spacial score (nSPS) is 13.5. The molecule has 1 atom stereocenters. The van der Waals surface area contributed by atoms with E-state index in [4.69, 9.17) is 0 Å². The zero-order valence-corrected chi connectivity index (χ0v) is 12.8. The van der Waals surface area contributed by atoms with Crippen LogP contribution in [0.2, 0.25) is 0 Å². The summed E-state index contributed by atoms with van der Waals surface area (Å²) in [5.74, 6) is -4.19. The molecule has 0 spiro atoms. The zero-order valence-electron chi connectivity index (χ0n) is 12.0. The van der Waals surface area contributed by atoms with E-state index in [0.717, 1.165) is 17.8 Å². The lowest BCUT2D eigenvalue weighted by molar-refractivity contribution is 0.171. The fourth-order valence-corrected chi connectivity index (χ4v) is 2.88. The summed E-state index contributed by atoms with van der Waals surface area (Å²) < 4.78 is 39.7. The average Bonchev–Trinajstić information content (AvgIpc) is 2.84. The maximum absolute atomic E-state index is 13.6. The van der Waals surface area contributed by atoms with Crippen LogP contribution < -0.4 is 0 Å². The van der Waals surface area contributed by atoms with Crippen LogP contribution >= 0.6 is 11.3 Å². The Kier molecular flexibility index (Phi) is 4.39. The third-order valence-corrected chi connectivity index (χ3v) is 3.98. The molecule has 0 amide bonds. The highest BCUT2D eigenvalue weighted by molar-refractivity contribution is 7.09. The lowest BCUT2D eigenvalue weighted by Gasteiger charge is -2.14. The lowest BCUT2D eigenvalue weighted by Crippen LogP contribution is -2.12. The van der Waals surface area contributed by atoms with Gasteiger partial charge in [-0.2, -0.15) is 0 Å². The number of halogens is 3. The third-order valence-electron chi connectivity index (χ3n) is 3.11. The van der Waals surface area contributed by atoms with Gasteiger partial charge in [0.2, 0.25) is 0 Å². The van der Waals surface area contributed by atoms with Crippen LogP contribution in [0.1, 0.15) is 43.1 Å². The molecule has 6 heteroatoms. The summed E-state index contributed by atoms with van der Waals surface area (Å²) in [7, 11) is 0. The zero-order chi connectivity index (χ0) is 15.8. The highest BCUT2D eigenvalue weighted by Gasteiger charge is 2.22. The second-order valence-electron chi connectivity index (χ2n) is 5.86. The fourth-order valence-electron chi connectivity index (χ4n) is 1.82. The Morgan fingerprint density at radius 1 is 1.19 bits per heavy atom. The van der Waals surface area contributed by atoms with Crippen molar-refractivity contribution < 1.29 is 18.3 Å². The van der Waals surface area contributed by atoms with E-state index in [0.29, 0.717) is 5.01 Å². The number of hydrogen-bond donors (Lipinski definition) is 1. The van der Waals surface area contributed by atoms with Gasteiger partial charge in [-0.1, -0.05) is 26.8 Å². The van der Waals surface area contributed by atoms with Crippen molar-refractivity contribution in [1.29, 1.82) is 0 Å². The summed E-state index contributed by atoms with van der Waals surface area (Å²) in [6, 6.07) is 1.86. The molecule has 0 bridgehead atoms. The molecule has 0 aliphatic rings. The van der Waals surface area contributed by atoms with E-state index in [1.165, 1.54) is 11.3 Å². The van der Waals surface area contributed by atoms with Crippen LogP contribution in [0.25, 0.3) is 0 Å². The van der Waals surface area contributed by atoms with Crippen LogP contribution in [0, 0.1) is 17.5 Å². The summed E-state index contributed by atoms with van der Waals surface area (Å²) in [4.78, 5) is 4.38. The van der Waals surface area contributed by atoms with Crippen LogP contribution in [-0.2, 0) is 11.8 Å². The maximum Gasteiger partial charge on any atom is 0.194 e. The van der Waals surface area contributed by atoms with E-state index < -0.39 is 23.6 Å². The molecule has 114 valence electrons. The van der Waals surface area contributed by atoms with Crippen molar-refractivity contribution in [2.75, 3.05) is 0 Å². The quantitative estimate of drug-likeness (QED) is 0.864. The Labute approximate surface area is 125 Å². The number of aromatic nitrogens is 1. The summed E-state index contributed by atoms with van der Waals surface area (Å²) >= 11 is 1.35. The second-order valence-corrected chi connectivity index (χ2v) is 6.80. The Balaban J connectivity index is 2.21. The van der Waals surface area contributed by atoms with Crippen molar-refractivity contribution in [1.82, 2.24) is 4.98 Å². The monoisotopic (exact) mass is 315 g/mol. The molecule has 2 rings (SSSR count). The molecule has 2 aromatic rings. The van der Waals surface area contributed by atoms with Crippen molar-refractivity contribution in [3.05, 3.63) is 51.2 Å². The van der Waals surface area contributed by atoms with Crippen molar-refractivity contribution in [2.24, 2.45) is 0 Å². The van der Waals surface area contributed by atoms with Gasteiger partial charge in [-0.3, -0.25) is 0 Å². The molecule has 21 heavy (non-hydrogen) atoms. The number of aliphatic hydroxyl groups is 1. The first-order valence-electron chi connectivity index (χ1n) is 6.46. The van der Waals surface area contributed by atoms with Gasteiger partial charge in [0, 0.05) is 22.8 Å². The van der Waals surface area contributed by atoms with Crippen LogP contribution in [0.15, 0.2) is 17.5 Å². The van der Waals surface area contributed by atoms with E-state index in [9.17, 15) is 18.3 Å². The molecular weight excluding hydrogens is 299 g/mol. The lowest BCUT2D eigenvalue weighted by atomic mass is 9.93. The molecule has 1 heterocycles. The van der Waals surface area contributed by atoms with E-state index in [-0.39, 0.29) is 17.4 Å². The smallest absolute Gasteiger partial charge is 0.194 e. The van der Waals surface area contributed by atoms with Gasteiger partial charge in [0.1, 0.15) is 0 Å². The minimum atomic E-state index is -1.57. The summed E-state index contributed by atoms with van der Waals surface area (Å²) in [6.07, 6.45) is -1.21. The molecule has 0 aliphatic carbocycles. The van der Waals surface area contributed by atoms with Gasteiger partial charge in [0.05, 0.1) is 16.8 Å². The first-order valence-corrected chi connectivity index (χ1v) is 7.34. The molecule has 1 aromatic heterocycles. The standard InChI is InChI=1S/C15H16F3NOS/c1-15(2,3)11-7-21-12(19-11)6-10(20)8-4-5-9(16)14(18)13(8)17/h4-5,7,10,20H,6H2,1-3H3. The van der Waals surface area contributed by atoms with Crippen molar-refractivity contribution in [2.45, 2.75) is 38.7 Å². The Hall–Kier alpha value is -1.40. The van der Waals surface area contributed by atoms with E-state index in [2.05, 4.69) is 4.98 Å². The van der Waals surface area contributed by atoms with Crippen molar-refractivity contribution in [3.63, 3.8) is 0 Å². The van der Waals surface area contributed by atoms with E-state index in [1.807, 2.05) is 26.2 Å². The van der Waals surface area contributed by atoms with Gasteiger partial charge < -0.3 is 5.11 Å². The molecule has 0 aliphatic heterocycles. The van der Waals surface area contributed by atoms with Crippen LogP contribution in [0.5, 0.6) is 0 Å². The maximum atomic E-state index is 13.6. The number of benzene rings is 1. The number of rotatable bonds is 3. The summed E-state index contributed by atoms with van der Waals surface area (Å²) in [6.45, 7) is 6.03. The molecule has 1 aromatic carbocycles. The molecule has 0 radical (unpaired) electrons. The predicted octanol–water partition coefficient (Wildman–Crippen LogP) is 4.13. The predicted molar refractivity (Wildman–Crippen MR) is 75.8 cm³/mol. The molecule has 1 unspecified atom stereocenters. The number of nitrogens with zero attached hydrogens (tertiary/aromatic N) is 1. The van der Waals surface area contributed by atoms with Crippen molar-refractivity contribution in [3.8, 4) is 0 Å². The first kappa shape index (κ1) is 16.0. The highest BCUT2D eigenvalue weighted by atomic mass is 32.1.